The lowest BCUT2D eigenvalue weighted by atomic mass is 10.1. The lowest BCUT2D eigenvalue weighted by molar-refractivity contribution is -0.137. The molecule has 2 aromatic rings. The van der Waals surface area contributed by atoms with E-state index in [0.717, 1.165) is 28.9 Å². The van der Waals surface area contributed by atoms with Crippen LogP contribution in [0.4, 0.5) is 18.9 Å². The molecule has 0 fully saturated rings. The van der Waals surface area contributed by atoms with Gasteiger partial charge in [0.25, 0.3) is 0 Å². The van der Waals surface area contributed by atoms with Crippen LogP contribution in [0.25, 0.3) is 0 Å². The molecule has 2 aromatic carbocycles. The smallest absolute Gasteiger partial charge is 0.416 e. The van der Waals surface area contributed by atoms with Crippen LogP contribution in [0.15, 0.2) is 41.4 Å². The van der Waals surface area contributed by atoms with Crippen LogP contribution in [0.3, 0.4) is 0 Å². The zero-order valence-electron chi connectivity index (χ0n) is 16.1. The largest absolute Gasteiger partial charge is 0.457 e. The third-order valence-electron chi connectivity index (χ3n) is 3.31. The van der Waals surface area contributed by atoms with Crippen LogP contribution < -0.4 is 4.74 Å². The van der Waals surface area contributed by atoms with E-state index in [1.165, 1.54) is 12.1 Å². The summed E-state index contributed by atoms with van der Waals surface area (Å²) >= 11 is 0. The summed E-state index contributed by atoms with van der Waals surface area (Å²) in [5.41, 5.74) is 1.73. The number of ether oxygens (including phenoxy) is 1. The number of hydrogen-bond donors (Lipinski definition) is 2. The van der Waals surface area contributed by atoms with Crippen molar-refractivity contribution in [1.29, 1.82) is 0 Å². The molecule has 0 heterocycles. The summed E-state index contributed by atoms with van der Waals surface area (Å²) in [5.74, 6) is 0.660. The zero-order valence-corrected chi connectivity index (χ0v) is 16.9. The number of aryl methyl sites for hydroxylation is 2. The van der Waals surface area contributed by atoms with E-state index < -0.39 is 22.1 Å². The number of rotatable bonds is 4. The van der Waals surface area contributed by atoms with Gasteiger partial charge in [0, 0.05) is 14.1 Å². The van der Waals surface area contributed by atoms with Crippen molar-refractivity contribution >= 4 is 22.4 Å². The molecule has 7 nitrogen and oxygen atoms in total. The minimum Gasteiger partial charge on any atom is -0.457 e. The topological polar surface area (TPSA) is 99.4 Å². The van der Waals surface area contributed by atoms with E-state index in [1.54, 1.807) is 12.4 Å². The van der Waals surface area contributed by atoms with Gasteiger partial charge in [0.2, 0.25) is 0 Å². The van der Waals surface area contributed by atoms with Crippen molar-refractivity contribution < 1.29 is 35.4 Å². The van der Waals surface area contributed by atoms with Crippen LogP contribution in [0.5, 0.6) is 11.5 Å². The Balaban J connectivity index is 0.000000749. The Labute approximate surface area is 167 Å². The molecule has 0 aliphatic rings. The Morgan fingerprint density at radius 1 is 1.07 bits per heavy atom. The molecule has 11 heteroatoms. The van der Waals surface area contributed by atoms with Crippen LogP contribution >= 0.6 is 0 Å². The SMILES string of the molecule is Cc1cc(Oc2cccc(C(F)(F)F)c2)c(C)cc1N=CN(C)C.O=S(=O)(O)O. The Bertz CT molecular complexity index is 966. The molecule has 0 aliphatic carbocycles. The highest BCUT2D eigenvalue weighted by atomic mass is 32.3. The van der Waals surface area contributed by atoms with E-state index in [1.807, 2.05) is 38.9 Å². The molecular formula is C18H21F3N2O5S. The molecule has 0 atom stereocenters. The van der Waals surface area contributed by atoms with Gasteiger partial charge in [-0.05, 0) is 55.3 Å². The lowest BCUT2D eigenvalue weighted by Crippen LogP contribution is -2.07. The maximum atomic E-state index is 12.8. The predicted molar refractivity (Wildman–Crippen MR) is 103 cm³/mol. The summed E-state index contributed by atoms with van der Waals surface area (Å²) in [5, 5.41) is 0. The van der Waals surface area contributed by atoms with E-state index >= 15 is 0 Å². The van der Waals surface area contributed by atoms with Gasteiger partial charge in [0.1, 0.15) is 11.5 Å². The second kappa shape index (κ2) is 9.72. The summed E-state index contributed by atoms with van der Waals surface area (Å²) in [6.07, 6.45) is -2.70. The summed E-state index contributed by atoms with van der Waals surface area (Å²) < 4.78 is 75.6. The Morgan fingerprint density at radius 3 is 2.17 bits per heavy atom. The first kappa shape index (κ1) is 24.4. The summed E-state index contributed by atoms with van der Waals surface area (Å²) in [4.78, 5) is 6.18. The van der Waals surface area contributed by atoms with E-state index in [2.05, 4.69) is 4.99 Å². The second-order valence-corrected chi connectivity index (χ2v) is 7.08. The van der Waals surface area contributed by atoms with Crippen molar-refractivity contribution in [2.45, 2.75) is 20.0 Å². The second-order valence-electron chi connectivity index (χ2n) is 6.19. The predicted octanol–water partition coefficient (Wildman–Crippen LogP) is 4.68. The zero-order chi connectivity index (χ0) is 22.4. The molecule has 29 heavy (non-hydrogen) atoms. The standard InChI is InChI=1S/C18H19F3N2O.H2O4S/c1-12-9-17(13(2)8-16(12)22-11-23(3)4)24-15-7-5-6-14(10-15)18(19,20)21;1-5(2,3)4/h5-11H,1-4H3;(H2,1,2,3,4). The van der Waals surface area contributed by atoms with Crippen molar-refractivity contribution in [2.75, 3.05) is 14.1 Å². The Hall–Kier alpha value is -2.63. The van der Waals surface area contributed by atoms with Crippen LogP contribution in [-0.4, -0.2) is 42.9 Å². The van der Waals surface area contributed by atoms with Gasteiger partial charge in [-0.1, -0.05) is 6.07 Å². The van der Waals surface area contributed by atoms with Crippen molar-refractivity contribution in [3.8, 4) is 11.5 Å². The molecular weight excluding hydrogens is 413 g/mol. The molecule has 0 aromatic heterocycles. The number of alkyl halides is 3. The quantitative estimate of drug-likeness (QED) is 0.412. The summed E-state index contributed by atoms with van der Waals surface area (Å²) in [6, 6.07) is 8.46. The first-order valence-corrected chi connectivity index (χ1v) is 9.43. The van der Waals surface area contributed by atoms with E-state index in [9.17, 15) is 13.2 Å². The lowest BCUT2D eigenvalue weighted by Gasteiger charge is -2.13. The Kier molecular flexibility index (Phi) is 8.18. The first-order chi connectivity index (χ1) is 13.2. The molecule has 0 aliphatic heterocycles. The van der Waals surface area contributed by atoms with Crippen LogP contribution in [0.2, 0.25) is 0 Å². The van der Waals surface area contributed by atoms with Gasteiger partial charge in [-0.3, -0.25) is 9.11 Å². The molecule has 0 saturated carbocycles. The maximum Gasteiger partial charge on any atom is 0.416 e. The normalized spacial score (nSPS) is 11.8. The molecule has 160 valence electrons. The third-order valence-corrected chi connectivity index (χ3v) is 3.31. The molecule has 0 amide bonds. The number of nitrogens with zero attached hydrogens (tertiary/aromatic N) is 2. The van der Waals surface area contributed by atoms with Gasteiger partial charge >= 0.3 is 16.6 Å². The molecule has 2 rings (SSSR count). The van der Waals surface area contributed by atoms with Crippen LogP contribution in [0, 0.1) is 13.8 Å². The van der Waals surface area contributed by atoms with Crippen molar-refractivity contribution in [3.63, 3.8) is 0 Å². The van der Waals surface area contributed by atoms with Gasteiger partial charge in [0.05, 0.1) is 17.6 Å². The summed E-state index contributed by atoms with van der Waals surface area (Å²) in [7, 11) is -0.923. The number of benzene rings is 2. The minimum atomic E-state index is -4.67. The van der Waals surface area contributed by atoms with Gasteiger partial charge in [0.15, 0.2) is 0 Å². The van der Waals surface area contributed by atoms with E-state index in [0.29, 0.717) is 5.75 Å². The molecule has 0 unspecified atom stereocenters. The highest BCUT2D eigenvalue weighted by Gasteiger charge is 2.30. The average molecular weight is 434 g/mol. The van der Waals surface area contributed by atoms with Gasteiger partial charge < -0.3 is 9.64 Å². The fourth-order valence-electron chi connectivity index (χ4n) is 2.06. The third kappa shape index (κ3) is 9.41. The minimum absolute atomic E-state index is 0.150. The van der Waals surface area contributed by atoms with Crippen LogP contribution in [0.1, 0.15) is 16.7 Å². The van der Waals surface area contributed by atoms with E-state index in [4.69, 9.17) is 22.3 Å². The van der Waals surface area contributed by atoms with Crippen molar-refractivity contribution in [3.05, 3.63) is 53.1 Å². The molecule has 2 N–H and O–H groups in total. The van der Waals surface area contributed by atoms with E-state index in [-0.39, 0.29) is 5.75 Å². The fourth-order valence-corrected chi connectivity index (χ4v) is 2.06. The maximum absolute atomic E-state index is 12.8. The highest BCUT2D eigenvalue weighted by Crippen LogP contribution is 2.35. The number of aliphatic imine (C=N–C) groups is 1. The molecule has 0 radical (unpaired) electrons. The highest BCUT2D eigenvalue weighted by molar-refractivity contribution is 7.79. The van der Waals surface area contributed by atoms with Crippen molar-refractivity contribution in [1.82, 2.24) is 4.90 Å². The van der Waals surface area contributed by atoms with Crippen LogP contribution in [-0.2, 0) is 16.6 Å². The number of hydrogen-bond acceptors (Lipinski definition) is 4. The fraction of sp³-hybridized carbons (Fsp3) is 0.278. The first-order valence-electron chi connectivity index (χ1n) is 8.03. The van der Waals surface area contributed by atoms with Gasteiger partial charge in [-0.2, -0.15) is 21.6 Å². The molecule has 0 saturated heterocycles. The summed E-state index contributed by atoms with van der Waals surface area (Å²) in [6.45, 7) is 3.71. The number of halogens is 3. The molecule has 0 bridgehead atoms. The monoisotopic (exact) mass is 434 g/mol. The van der Waals surface area contributed by atoms with Gasteiger partial charge in [-0.15, -0.1) is 0 Å². The van der Waals surface area contributed by atoms with Gasteiger partial charge in [-0.25, -0.2) is 4.99 Å². The molecule has 0 spiro atoms. The average Bonchev–Trinajstić information content (AvgIpc) is 2.54. The van der Waals surface area contributed by atoms with Crippen molar-refractivity contribution in [2.24, 2.45) is 4.99 Å². The Morgan fingerprint density at radius 2 is 1.66 bits per heavy atom.